The first-order chi connectivity index (χ1) is 27.8. The van der Waals surface area contributed by atoms with E-state index in [0.29, 0.717) is 18.5 Å². The number of nitrogens with zero attached hydrogens (tertiary/aromatic N) is 1. The second kappa shape index (κ2) is 19.1. The molecule has 59 heavy (non-hydrogen) atoms. The number of anilines is 1. The smallest absolute Gasteiger partial charge is 0.408 e. The highest BCUT2D eigenvalue weighted by Crippen LogP contribution is 2.43. The summed E-state index contributed by atoms with van der Waals surface area (Å²) in [4.78, 5) is 71.3. The molecule has 0 aliphatic carbocycles. The number of alkyl carbamates (subject to hydrolysis) is 1. The molecular weight excluding hydrogens is 771 g/mol. The van der Waals surface area contributed by atoms with Crippen molar-refractivity contribution >= 4 is 46.6 Å². The molecule has 3 fully saturated rings. The van der Waals surface area contributed by atoms with Crippen LogP contribution in [0.2, 0.25) is 0 Å². The molecule has 3 aliphatic heterocycles. The first-order valence-corrected chi connectivity index (χ1v) is 21.8. The van der Waals surface area contributed by atoms with Crippen LogP contribution in [0.3, 0.4) is 0 Å². The van der Waals surface area contributed by atoms with Crippen molar-refractivity contribution < 1.29 is 42.9 Å². The molecule has 2 aromatic rings. The Morgan fingerprint density at radius 2 is 1.75 bits per heavy atom. The topological polar surface area (TPSA) is 150 Å². The summed E-state index contributed by atoms with van der Waals surface area (Å²) < 4.78 is 25.2. The Morgan fingerprint density at radius 3 is 2.42 bits per heavy atom. The largest absolute Gasteiger partial charge is 0.458 e. The summed E-state index contributed by atoms with van der Waals surface area (Å²) in [5, 5.41) is 5.66. The van der Waals surface area contributed by atoms with Crippen molar-refractivity contribution in [3.05, 3.63) is 41.3 Å². The Kier molecular flexibility index (Phi) is 14.9. The lowest BCUT2D eigenvalue weighted by Crippen LogP contribution is -2.57. The van der Waals surface area contributed by atoms with Gasteiger partial charge in [-0.1, -0.05) is 51.7 Å². The number of hydrogen-bond donors (Lipinski definition) is 2. The number of benzene rings is 1. The van der Waals surface area contributed by atoms with E-state index < -0.39 is 65.0 Å². The average Bonchev–Trinajstić information content (AvgIpc) is 3.79. The number of hydrogen-bond acceptors (Lipinski definition) is 11. The summed E-state index contributed by atoms with van der Waals surface area (Å²) in [5.41, 5.74) is -0.766. The molecule has 0 spiro atoms. The van der Waals surface area contributed by atoms with Crippen LogP contribution in [0.4, 0.5) is 10.5 Å². The number of cyclic esters (lactones) is 1. The van der Waals surface area contributed by atoms with Crippen molar-refractivity contribution in [2.45, 2.75) is 136 Å². The molecule has 4 heterocycles. The predicted molar refractivity (Wildman–Crippen MR) is 228 cm³/mol. The zero-order valence-corrected chi connectivity index (χ0v) is 37.3. The van der Waals surface area contributed by atoms with Crippen molar-refractivity contribution in [1.29, 1.82) is 0 Å². The van der Waals surface area contributed by atoms with Crippen LogP contribution in [0.15, 0.2) is 36.4 Å². The van der Waals surface area contributed by atoms with Gasteiger partial charge in [0.2, 0.25) is 5.91 Å². The molecule has 3 saturated heterocycles. The fourth-order valence-corrected chi connectivity index (χ4v) is 10.4. The van der Waals surface area contributed by atoms with Crippen molar-refractivity contribution in [2.75, 3.05) is 26.0 Å². The van der Waals surface area contributed by atoms with Crippen LogP contribution in [-0.4, -0.2) is 96.7 Å². The maximum absolute atomic E-state index is 14.5. The third-order valence-electron chi connectivity index (χ3n) is 12.8. The lowest BCUT2D eigenvalue weighted by Gasteiger charge is -2.46. The molecule has 1 aromatic carbocycles. The van der Waals surface area contributed by atoms with Crippen LogP contribution in [0.25, 0.3) is 10.4 Å². The van der Waals surface area contributed by atoms with E-state index in [9.17, 15) is 24.0 Å². The van der Waals surface area contributed by atoms with E-state index in [-0.39, 0.29) is 48.8 Å². The minimum absolute atomic E-state index is 0.00773. The highest BCUT2D eigenvalue weighted by molar-refractivity contribution is 7.16. The monoisotopic (exact) mass is 833 g/mol. The van der Waals surface area contributed by atoms with E-state index in [1.807, 2.05) is 64.1 Å². The molecule has 3 aliphatic rings. The van der Waals surface area contributed by atoms with Crippen LogP contribution in [-0.2, 0) is 38.1 Å². The number of amides is 2. The van der Waals surface area contributed by atoms with Crippen LogP contribution < -0.4 is 10.6 Å². The van der Waals surface area contributed by atoms with Crippen LogP contribution in [0.1, 0.15) is 99.3 Å². The van der Waals surface area contributed by atoms with Crippen molar-refractivity contribution in [3.63, 3.8) is 0 Å². The average molecular weight is 834 g/mol. The Balaban J connectivity index is 1.51. The second-order valence-corrected chi connectivity index (χ2v) is 18.7. The molecule has 322 valence electrons. The summed E-state index contributed by atoms with van der Waals surface area (Å²) in [6.07, 6.45) is 0.834. The van der Waals surface area contributed by atoms with Gasteiger partial charge in [-0.05, 0) is 110 Å². The third-order valence-corrected chi connectivity index (χ3v) is 13.9. The van der Waals surface area contributed by atoms with E-state index in [1.54, 1.807) is 20.8 Å². The molecule has 5 rings (SSSR count). The van der Waals surface area contributed by atoms with Gasteiger partial charge >= 0.3 is 12.1 Å². The Bertz CT molecular complexity index is 1940. The first-order valence-electron chi connectivity index (χ1n) is 21.0. The van der Waals surface area contributed by atoms with Crippen LogP contribution in [0.5, 0.6) is 0 Å². The highest BCUT2D eigenvalue weighted by atomic mass is 32.1. The quantitative estimate of drug-likeness (QED) is 0.158. The molecule has 0 bridgehead atoms. The molecule has 2 N–H and O–H groups in total. The van der Waals surface area contributed by atoms with Gasteiger partial charge in [-0.2, -0.15) is 0 Å². The van der Waals surface area contributed by atoms with Crippen molar-refractivity contribution in [2.24, 2.45) is 29.6 Å². The number of carbonyl (C=O) groups excluding carboxylic acids is 5. The number of esters is 1. The number of ether oxygens (including phenoxy) is 4. The van der Waals surface area contributed by atoms with Gasteiger partial charge in [-0.3, -0.25) is 19.2 Å². The summed E-state index contributed by atoms with van der Waals surface area (Å²) in [7, 11) is 4.12. The van der Waals surface area contributed by atoms with Gasteiger partial charge in [0.15, 0.2) is 5.60 Å². The van der Waals surface area contributed by atoms with Crippen molar-refractivity contribution in [3.8, 4) is 22.3 Å². The number of rotatable bonds is 8. The number of ketones is 2. The Hall–Kier alpha value is -4.09. The predicted octanol–water partition coefficient (Wildman–Crippen LogP) is 7.28. The van der Waals surface area contributed by atoms with Gasteiger partial charge in [-0.25, -0.2) is 4.79 Å². The Morgan fingerprint density at radius 1 is 1.02 bits per heavy atom. The van der Waals surface area contributed by atoms with E-state index in [1.165, 1.54) is 18.3 Å². The fraction of sp³-hybridized carbons (Fsp3) is 0.630. The van der Waals surface area contributed by atoms with Crippen molar-refractivity contribution in [1.82, 2.24) is 10.2 Å². The molecule has 0 radical (unpaired) electrons. The summed E-state index contributed by atoms with van der Waals surface area (Å²) >= 11 is 1.52. The molecule has 1 aromatic heterocycles. The van der Waals surface area contributed by atoms with Gasteiger partial charge in [0, 0.05) is 41.3 Å². The van der Waals surface area contributed by atoms with Crippen LogP contribution >= 0.6 is 11.3 Å². The van der Waals surface area contributed by atoms with Gasteiger partial charge in [0.1, 0.15) is 30.2 Å². The lowest BCUT2D eigenvalue weighted by molar-refractivity contribution is -0.173. The number of Topliss-reactive ketones (excluding diaryl/α,β-unsaturated/α-hetero) is 2. The third kappa shape index (κ3) is 10.6. The zero-order chi connectivity index (χ0) is 43.4. The van der Waals surface area contributed by atoms with Gasteiger partial charge in [-0.15, -0.1) is 11.3 Å². The van der Waals surface area contributed by atoms with Gasteiger partial charge in [0.25, 0.3) is 0 Å². The van der Waals surface area contributed by atoms with E-state index >= 15 is 0 Å². The highest BCUT2D eigenvalue weighted by Gasteiger charge is 2.57. The minimum Gasteiger partial charge on any atom is -0.458 e. The SMILES string of the molecule is CC[C@H]1OC(=O)[C@H](C)C(=O)[C@H](C)[C@@H](CC2C[C@@H](N(C)C)C[C@@H](C)O2)[C@@](C)(OCC#Cc2ccc(-c3cccc(NC(C)=O)c3)s2)C[C@@H](C)C(=O)[C@H](C)C2NC(=O)O[C@@]21C. The molecule has 2 amide bonds. The number of thiophene rings is 1. The summed E-state index contributed by atoms with van der Waals surface area (Å²) in [6, 6.07) is 11.0. The Labute approximate surface area is 353 Å². The summed E-state index contributed by atoms with van der Waals surface area (Å²) in [5.74, 6) is 1.61. The van der Waals surface area contributed by atoms with E-state index in [2.05, 4.69) is 48.4 Å². The molecule has 12 atom stereocenters. The first kappa shape index (κ1) is 46.0. The number of nitrogens with one attached hydrogen (secondary N) is 2. The standard InChI is InChI=1S/C46H63N3O9S/c1-12-39-46(9)42(48-44(54)58-46)29(5)40(51)26(2)25-45(8,55-20-14-17-36-18-19-38(59-36)32-15-13-16-33(22-32)47-31(7)50)37(28(4)41(52)30(6)43(53)57-39)24-35-23-34(49(10)11)21-27(3)56-35/h13,15-16,18-19,22,26-30,34-35,37,39,42H,12,20-21,23-25H2,1-11H3,(H,47,50)(H,48,54)/t26-,27-,28-,29+,30-,34+,35?,37-,39-,42?,45+,46-/m1/s1. The molecule has 2 unspecified atom stereocenters. The maximum atomic E-state index is 14.5. The molecule has 13 heteroatoms. The number of carbonyl (C=O) groups is 5. The zero-order valence-electron chi connectivity index (χ0n) is 36.5. The molecule has 12 nitrogen and oxygen atoms in total. The second-order valence-electron chi connectivity index (χ2n) is 17.6. The number of fused-ring (bicyclic) bond motifs is 1. The normalized spacial score (nSPS) is 34.4. The van der Waals surface area contributed by atoms with E-state index in [0.717, 1.165) is 28.2 Å². The minimum atomic E-state index is -1.35. The van der Waals surface area contributed by atoms with Gasteiger partial charge in [0.05, 0.1) is 28.7 Å². The summed E-state index contributed by atoms with van der Waals surface area (Å²) in [6.45, 7) is 16.1. The lowest BCUT2D eigenvalue weighted by atomic mass is 9.68. The van der Waals surface area contributed by atoms with E-state index in [4.69, 9.17) is 18.9 Å². The molecular formula is C46H63N3O9S. The van der Waals surface area contributed by atoms with Gasteiger partial charge < -0.3 is 34.5 Å². The maximum Gasteiger partial charge on any atom is 0.408 e. The molecule has 0 saturated carbocycles. The fourth-order valence-electron chi connectivity index (χ4n) is 9.55. The van der Waals surface area contributed by atoms with Crippen LogP contribution in [0, 0.1) is 41.4 Å².